The van der Waals surface area contributed by atoms with Crippen LogP contribution in [-0.2, 0) is 22.4 Å². The van der Waals surface area contributed by atoms with Crippen molar-refractivity contribution >= 4 is 34.3 Å². The number of carbonyl (C=O) groups excluding carboxylic acids is 2. The Labute approximate surface area is 180 Å². The van der Waals surface area contributed by atoms with Gasteiger partial charge >= 0.3 is 5.97 Å². The van der Waals surface area contributed by atoms with Crippen molar-refractivity contribution in [1.29, 1.82) is 0 Å². The van der Waals surface area contributed by atoms with E-state index in [1.807, 2.05) is 6.07 Å². The lowest BCUT2D eigenvalue weighted by Crippen LogP contribution is -2.15. The number of esters is 1. The van der Waals surface area contributed by atoms with Crippen molar-refractivity contribution in [3.05, 3.63) is 45.8 Å². The Morgan fingerprint density at radius 3 is 2.70 bits per heavy atom. The van der Waals surface area contributed by atoms with E-state index < -0.39 is 0 Å². The van der Waals surface area contributed by atoms with E-state index in [-0.39, 0.29) is 11.9 Å². The van der Waals surface area contributed by atoms with Crippen LogP contribution in [0.4, 0.5) is 5.00 Å². The Morgan fingerprint density at radius 1 is 1.23 bits per heavy atom. The number of carbonyl (C=O) groups is 2. The van der Waals surface area contributed by atoms with Crippen molar-refractivity contribution in [2.45, 2.75) is 33.1 Å². The topological polar surface area (TPSA) is 73.9 Å². The van der Waals surface area contributed by atoms with Crippen LogP contribution in [0.3, 0.4) is 0 Å². The molecule has 30 heavy (non-hydrogen) atoms. The quantitative estimate of drug-likeness (QED) is 0.509. The Balaban J connectivity index is 1.81. The van der Waals surface area contributed by atoms with Crippen molar-refractivity contribution in [1.82, 2.24) is 0 Å². The van der Waals surface area contributed by atoms with E-state index in [9.17, 15) is 9.59 Å². The Kier molecular flexibility index (Phi) is 7.15. The lowest BCUT2D eigenvalue weighted by Gasteiger charge is -2.18. The van der Waals surface area contributed by atoms with Crippen LogP contribution < -0.4 is 14.8 Å². The Hall–Kier alpha value is -2.80. The molecule has 1 atom stereocenters. The van der Waals surface area contributed by atoms with E-state index in [1.165, 1.54) is 17.4 Å². The van der Waals surface area contributed by atoms with Gasteiger partial charge in [0.1, 0.15) is 5.00 Å². The van der Waals surface area contributed by atoms with Crippen LogP contribution in [0, 0.1) is 5.92 Å². The summed E-state index contributed by atoms with van der Waals surface area (Å²) >= 11 is 1.48. The van der Waals surface area contributed by atoms with Crippen LogP contribution in [0.15, 0.2) is 24.3 Å². The highest BCUT2D eigenvalue weighted by molar-refractivity contribution is 7.17. The van der Waals surface area contributed by atoms with Gasteiger partial charge in [-0.15, -0.1) is 11.3 Å². The van der Waals surface area contributed by atoms with Crippen molar-refractivity contribution in [2.75, 3.05) is 26.1 Å². The maximum Gasteiger partial charge on any atom is 0.341 e. The first-order valence-electron chi connectivity index (χ1n) is 9.99. The van der Waals surface area contributed by atoms with Crippen molar-refractivity contribution in [2.24, 2.45) is 5.92 Å². The molecule has 7 heteroatoms. The summed E-state index contributed by atoms with van der Waals surface area (Å²) < 4.78 is 15.8. The second-order valence-electron chi connectivity index (χ2n) is 7.21. The molecule has 0 fully saturated rings. The van der Waals surface area contributed by atoms with E-state index in [4.69, 9.17) is 14.2 Å². The maximum absolute atomic E-state index is 12.6. The summed E-state index contributed by atoms with van der Waals surface area (Å²) in [5, 5.41) is 3.44. The van der Waals surface area contributed by atoms with Gasteiger partial charge in [-0.2, -0.15) is 0 Å². The monoisotopic (exact) mass is 429 g/mol. The van der Waals surface area contributed by atoms with Gasteiger partial charge in [-0.25, -0.2) is 4.79 Å². The number of nitrogens with one attached hydrogen (secondary N) is 1. The minimum absolute atomic E-state index is 0.298. The molecule has 160 valence electrons. The summed E-state index contributed by atoms with van der Waals surface area (Å²) in [6.45, 7) is 4.28. The van der Waals surface area contributed by atoms with E-state index in [0.29, 0.717) is 34.6 Å². The van der Waals surface area contributed by atoms with Gasteiger partial charge in [-0.1, -0.05) is 13.0 Å². The van der Waals surface area contributed by atoms with E-state index in [0.717, 1.165) is 35.3 Å². The van der Waals surface area contributed by atoms with Crippen LogP contribution in [0.5, 0.6) is 11.5 Å². The van der Waals surface area contributed by atoms with Gasteiger partial charge in [0, 0.05) is 11.0 Å². The molecule has 0 saturated heterocycles. The van der Waals surface area contributed by atoms with E-state index in [1.54, 1.807) is 39.4 Å². The molecule has 1 N–H and O–H groups in total. The Morgan fingerprint density at radius 2 is 2.00 bits per heavy atom. The summed E-state index contributed by atoms with van der Waals surface area (Å²) in [6, 6.07) is 5.40. The number of ether oxygens (including phenoxy) is 3. The Bertz CT molecular complexity index is 963. The second kappa shape index (κ2) is 9.80. The molecule has 1 aliphatic carbocycles. The van der Waals surface area contributed by atoms with Gasteiger partial charge in [0.25, 0.3) is 0 Å². The summed E-state index contributed by atoms with van der Waals surface area (Å²) in [7, 11) is 3.14. The molecular weight excluding hydrogens is 402 g/mol. The number of methoxy groups -OCH3 is 2. The fourth-order valence-electron chi connectivity index (χ4n) is 3.54. The van der Waals surface area contributed by atoms with Crippen LogP contribution in [0.25, 0.3) is 6.08 Å². The molecule has 2 aromatic rings. The largest absolute Gasteiger partial charge is 0.493 e. The number of fused-ring (bicyclic) bond motifs is 1. The van der Waals surface area contributed by atoms with Crippen molar-refractivity contribution in [3.63, 3.8) is 0 Å². The molecule has 1 amide bonds. The van der Waals surface area contributed by atoms with Gasteiger partial charge in [-0.3, -0.25) is 4.79 Å². The van der Waals surface area contributed by atoms with Crippen LogP contribution in [0.2, 0.25) is 0 Å². The zero-order chi connectivity index (χ0) is 21.7. The van der Waals surface area contributed by atoms with Crippen molar-refractivity contribution < 1.29 is 23.8 Å². The molecule has 0 unspecified atom stereocenters. The number of anilines is 1. The zero-order valence-corrected chi connectivity index (χ0v) is 18.6. The molecule has 0 bridgehead atoms. The molecule has 6 nitrogen and oxygen atoms in total. The number of rotatable bonds is 7. The average Bonchev–Trinajstić information content (AvgIpc) is 3.08. The molecule has 3 rings (SSSR count). The normalized spacial score (nSPS) is 15.5. The lowest BCUT2D eigenvalue weighted by atomic mass is 9.88. The lowest BCUT2D eigenvalue weighted by molar-refractivity contribution is -0.111. The number of hydrogen-bond acceptors (Lipinski definition) is 6. The SMILES string of the molecule is CCOC(=O)c1c(NC(=O)/C=C/c2ccc(OC)c(OC)c2)sc2c1CC[C@@H](C)C2. The van der Waals surface area contributed by atoms with Crippen LogP contribution in [-0.4, -0.2) is 32.7 Å². The first kappa shape index (κ1) is 21.9. The predicted molar refractivity (Wildman–Crippen MR) is 119 cm³/mol. The molecular formula is C23H27NO5S. The third-order valence-electron chi connectivity index (χ3n) is 5.06. The molecule has 0 spiro atoms. The fourth-order valence-corrected chi connectivity index (χ4v) is 4.94. The van der Waals surface area contributed by atoms with Crippen molar-refractivity contribution in [3.8, 4) is 11.5 Å². The fraction of sp³-hybridized carbons (Fsp3) is 0.391. The third-order valence-corrected chi connectivity index (χ3v) is 6.23. The molecule has 0 saturated carbocycles. The van der Waals surface area contributed by atoms with E-state index in [2.05, 4.69) is 12.2 Å². The van der Waals surface area contributed by atoms with E-state index >= 15 is 0 Å². The van der Waals surface area contributed by atoms with Crippen LogP contribution in [0.1, 0.15) is 46.6 Å². The minimum atomic E-state index is -0.372. The van der Waals surface area contributed by atoms with Gasteiger partial charge in [0.05, 0.1) is 26.4 Å². The second-order valence-corrected chi connectivity index (χ2v) is 8.32. The van der Waals surface area contributed by atoms with Gasteiger partial charge in [-0.05, 0) is 61.4 Å². The minimum Gasteiger partial charge on any atom is -0.493 e. The molecule has 1 aromatic carbocycles. The molecule has 1 heterocycles. The molecule has 1 aliphatic rings. The zero-order valence-electron chi connectivity index (χ0n) is 17.7. The van der Waals surface area contributed by atoms with Crippen LogP contribution >= 0.6 is 11.3 Å². The third kappa shape index (κ3) is 4.84. The predicted octanol–water partition coefficient (Wildman–Crippen LogP) is 4.72. The standard InChI is InChI=1S/C23H27NO5S/c1-5-29-23(26)21-16-9-6-14(2)12-19(16)30-22(21)24-20(25)11-8-15-7-10-17(27-3)18(13-15)28-4/h7-8,10-11,13-14H,5-6,9,12H2,1-4H3,(H,24,25)/b11-8+/t14-/m1/s1. The maximum atomic E-state index is 12.6. The highest BCUT2D eigenvalue weighted by atomic mass is 32.1. The summed E-state index contributed by atoms with van der Waals surface area (Å²) in [4.78, 5) is 26.3. The van der Waals surface area contributed by atoms with Gasteiger partial charge in [0.15, 0.2) is 11.5 Å². The molecule has 1 aromatic heterocycles. The number of benzene rings is 1. The average molecular weight is 430 g/mol. The highest BCUT2D eigenvalue weighted by Crippen LogP contribution is 2.40. The summed E-state index contributed by atoms with van der Waals surface area (Å²) in [5.41, 5.74) is 2.33. The molecule has 0 aliphatic heterocycles. The smallest absolute Gasteiger partial charge is 0.341 e. The number of amides is 1. The highest BCUT2D eigenvalue weighted by Gasteiger charge is 2.28. The summed E-state index contributed by atoms with van der Waals surface area (Å²) in [6.07, 6.45) is 5.92. The summed E-state index contributed by atoms with van der Waals surface area (Å²) in [5.74, 6) is 1.10. The molecule has 0 radical (unpaired) electrons. The van der Waals surface area contributed by atoms with Gasteiger partial charge < -0.3 is 19.5 Å². The first-order valence-corrected chi connectivity index (χ1v) is 10.8. The number of hydrogen-bond donors (Lipinski definition) is 1. The first-order chi connectivity index (χ1) is 14.5. The number of thiophene rings is 1. The van der Waals surface area contributed by atoms with Gasteiger partial charge in [0.2, 0.25) is 5.91 Å².